The maximum atomic E-state index is 13.1. The molecule has 2 N–H and O–H groups in total. The maximum absolute atomic E-state index is 13.1. The molecule has 0 saturated carbocycles. The van der Waals surface area contributed by atoms with E-state index < -0.39 is 34.7 Å². The Morgan fingerprint density at radius 3 is 2.53 bits per heavy atom. The highest BCUT2D eigenvalue weighted by atomic mass is 32.2. The topological polar surface area (TPSA) is 129 Å². The monoisotopic (exact) mass is 508 g/mol. The Morgan fingerprint density at radius 1 is 1.29 bits per heavy atom. The smallest absolute Gasteiger partial charge is 0.408 e. The molecule has 0 fully saturated rings. The molecule has 0 saturated heterocycles. The zero-order valence-electron chi connectivity index (χ0n) is 19.3. The van der Waals surface area contributed by atoms with Gasteiger partial charge in [-0.15, -0.1) is 0 Å². The van der Waals surface area contributed by atoms with E-state index in [0.29, 0.717) is 0 Å². The van der Waals surface area contributed by atoms with Gasteiger partial charge in [-0.1, -0.05) is 27.7 Å². The summed E-state index contributed by atoms with van der Waals surface area (Å²) >= 11 is 0. The summed E-state index contributed by atoms with van der Waals surface area (Å²) in [7, 11) is -2.92. The third kappa shape index (κ3) is 5.46. The average molecular weight is 509 g/mol. The van der Waals surface area contributed by atoms with Crippen LogP contribution in [0.2, 0.25) is 0 Å². The minimum absolute atomic E-state index is 0.0400. The first-order valence-corrected chi connectivity index (χ1v) is 11.9. The molecule has 0 bridgehead atoms. The minimum Gasteiger partial charge on any atom is -0.474 e. The van der Waals surface area contributed by atoms with Crippen molar-refractivity contribution in [1.82, 2.24) is 24.3 Å². The molecule has 2 amide bonds. The Labute approximate surface area is 194 Å². The van der Waals surface area contributed by atoms with E-state index in [4.69, 9.17) is 9.47 Å². The number of methoxy groups -OCH3 is 1. The van der Waals surface area contributed by atoms with Crippen molar-refractivity contribution in [3.8, 4) is 5.88 Å². The van der Waals surface area contributed by atoms with Gasteiger partial charge in [-0.05, 0) is 11.8 Å². The van der Waals surface area contributed by atoms with Gasteiger partial charge >= 0.3 is 12.2 Å². The molecule has 11 nitrogen and oxygen atoms in total. The van der Waals surface area contributed by atoms with E-state index in [1.807, 2.05) is 4.72 Å². The van der Waals surface area contributed by atoms with Gasteiger partial charge in [0.15, 0.2) is 4.90 Å². The lowest BCUT2D eigenvalue weighted by molar-refractivity contribution is -0.143. The molecular formula is C19H27F3N6O5S. The summed E-state index contributed by atoms with van der Waals surface area (Å²) in [5.74, 6) is -0.833. The van der Waals surface area contributed by atoms with Gasteiger partial charge in [0.05, 0.1) is 29.8 Å². The van der Waals surface area contributed by atoms with E-state index in [1.54, 1.807) is 27.7 Å². The van der Waals surface area contributed by atoms with Crippen LogP contribution in [0.15, 0.2) is 11.1 Å². The van der Waals surface area contributed by atoms with Crippen molar-refractivity contribution in [2.45, 2.75) is 69.8 Å². The van der Waals surface area contributed by atoms with Crippen molar-refractivity contribution in [2.24, 2.45) is 0 Å². The van der Waals surface area contributed by atoms with Crippen LogP contribution in [0.5, 0.6) is 5.88 Å². The second-order valence-corrected chi connectivity index (χ2v) is 10.1. The number of nitrogens with one attached hydrogen (secondary N) is 2. The van der Waals surface area contributed by atoms with Crippen molar-refractivity contribution in [1.29, 1.82) is 0 Å². The number of rotatable bonds is 7. The number of nitrogens with zero attached hydrogens (tertiary/aromatic N) is 4. The molecule has 1 aliphatic rings. The highest BCUT2D eigenvalue weighted by Crippen LogP contribution is 2.34. The summed E-state index contributed by atoms with van der Waals surface area (Å²) in [4.78, 5) is 12.3. The molecule has 2 aromatic heterocycles. The van der Waals surface area contributed by atoms with Gasteiger partial charge in [0.2, 0.25) is 5.88 Å². The number of halogens is 3. The number of carbonyl (C=O) groups is 1. The van der Waals surface area contributed by atoms with Crippen molar-refractivity contribution >= 4 is 21.7 Å². The Kier molecular flexibility index (Phi) is 7.17. The van der Waals surface area contributed by atoms with Crippen LogP contribution in [0.3, 0.4) is 0 Å². The zero-order chi connectivity index (χ0) is 25.4. The summed E-state index contributed by atoms with van der Waals surface area (Å²) in [6, 6.07) is -1.15. The Hall–Kier alpha value is -2.81. The molecule has 0 aromatic carbocycles. The van der Waals surface area contributed by atoms with Crippen molar-refractivity contribution in [3.63, 3.8) is 0 Å². The molecule has 0 radical (unpaired) electrons. The van der Waals surface area contributed by atoms with E-state index >= 15 is 0 Å². The second kappa shape index (κ2) is 9.44. The fourth-order valence-corrected chi connectivity index (χ4v) is 4.58. The van der Waals surface area contributed by atoms with Gasteiger partial charge in [-0.3, -0.25) is 4.68 Å². The third-order valence-electron chi connectivity index (χ3n) is 5.07. The lowest BCUT2D eigenvalue weighted by atomic mass is 10.0. The molecular weight excluding hydrogens is 481 g/mol. The number of alkyl halides is 3. The van der Waals surface area contributed by atoms with Gasteiger partial charge in [0.1, 0.15) is 19.3 Å². The SMILES string of the molecule is COC1COc2c(S(=O)(=O)NC(=O)Nc3c(C(C)C)nn(CC(F)(F)F)c3C(C)C)cnn2C1. The number of hydrogen-bond acceptors (Lipinski definition) is 7. The summed E-state index contributed by atoms with van der Waals surface area (Å²) in [5.41, 5.74) is 0.376. The fraction of sp³-hybridized carbons (Fsp3) is 0.632. The van der Waals surface area contributed by atoms with Crippen LogP contribution in [-0.4, -0.2) is 60.0 Å². The summed E-state index contributed by atoms with van der Waals surface area (Å²) in [6.45, 7) is 5.73. The number of ether oxygens (including phenoxy) is 2. The summed E-state index contributed by atoms with van der Waals surface area (Å²) < 4.78 is 79.5. The molecule has 2 aromatic rings. The normalized spacial score (nSPS) is 16.5. The fourth-order valence-electron chi connectivity index (χ4n) is 3.60. The quantitative estimate of drug-likeness (QED) is 0.588. The van der Waals surface area contributed by atoms with E-state index in [9.17, 15) is 26.4 Å². The van der Waals surface area contributed by atoms with Crippen LogP contribution in [0.25, 0.3) is 0 Å². The number of urea groups is 1. The van der Waals surface area contributed by atoms with E-state index in [1.165, 1.54) is 11.8 Å². The highest BCUT2D eigenvalue weighted by Gasteiger charge is 2.34. The van der Waals surface area contributed by atoms with Gasteiger partial charge in [0, 0.05) is 7.11 Å². The van der Waals surface area contributed by atoms with Gasteiger partial charge in [0.25, 0.3) is 10.0 Å². The largest absolute Gasteiger partial charge is 0.474 e. The predicted octanol–water partition coefficient (Wildman–Crippen LogP) is 2.81. The van der Waals surface area contributed by atoms with E-state index in [2.05, 4.69) is 15.5 Å². The van der Waals surface area contributed by atoms with Crippen LogP contribution in [-0.2, 0) is 27.8 Å². The van der Waals surface area contributed by atoms with Gasteiger partial charge in [-0.25, -0.2) is 22.6 Å². The Bertz CT molecular complexity index is 1160. The van der Waals surface area contributed by atoms with E-state index in [0.717, 1.165) is 10.9 Å². The van der Waals surface area contributed by atoms with Crippen molar-refractivity contribution in [2.75, 3.05) is 19.0 Å². The molecule has 3 heterocycles. The molecule has 190 valence electrons. The molecule has 15 heteroatoms. The van der Waals surface area contributed by atoms with E-state index in [-0.39, 0.29) is 53.0 Å². The first-order valence-electron chi connectivity index (χ1n) is 10.5. The van der Waals surface area contributed by atoms with Gasteiger partial charge < -0.3 is 14.8 Å². The number of carbonyl (C=O) groups excluding carboxylic acids is 1. The number of anilines is 1. The molecule has 1 unspecified atom stereocenters. The first kappa shape index (κ1) is 25.8. The minimum atomic E-state index is -4.53. The maximum Gasteiger partial charge on any atom is 0.408 e. The number of amides is 2. The van der Waals surface area contributed by atoms with Crippen LogP contribution >= 0.6 is 0 Å². The van der Waals surface area contributed by atoms with Gasteiger partial charge in [-0.2, -0.15) is 23.4 Å². The number of sulfonamides is 1. The Morgan fingerprint density at radius 2 is 1.97 bits per heavy atom. The third-order valence-corrected chi connectivity index (χ3v) is 6.39. The molecule has 1 atom stereocenters. The van der Waals surface area contributed by atoms with Crippen LogP contribution in [0.1, 0.15) is 50.9 Å². The molecule has 0 aliphatic carbocycles. The predicted molar refractivity (Wildman–Crippen MR) is 114 cm³/mol. The molecule has 3 rings (SSSR count). The molecule has 1 aliphatic heterocycles. The van der Waals surface area contributed by atoms with Crippen LogP contribution in [0, 0.1) is 0 Å². The standard InChI is InChI=1S/C19H27F3N6O5S/c1-10(2)14-15(16(11(3)4)28(25-14)9-19(20,21)22)24-18(29)26-34(30,31)13-6-23-27-7-12(32-5)8-33-17(13)27/h6,10-12H,7-9H2,1-5H3,(H2,24,26,29). The lowest BCUT2D eigenvalue weighted by Crippen LogP contribution is -2.36. The summed E-state index contributed by atoms with van der Waals surface area (Å²) in [6.07, 6.45) is -3.80. The van der Waals surface area contributed by atoms with Crippen LogP contribution in [0.4, 0.5) is 23.7 Å². The molecule has 0 spiro atoms. The average Bonchev–Trinajstić information content (AvgIpc) is 3.27. The second-order valence-electron chi connectivity index (χ2n) is 8.45. The Balaban J connectivity index is 1.88. The zero-order valence-corrected chi connectivity index (χ0v) is 20.1. The number of fused-ring (bicyclic) bond motifs is 1. The summed E-state index contributed by atoms with van der Waals surface area (Å²) in [5, 5.41) is 10.4. The van der Waals surface area contributed by atoms with Crippen molar-refractivity contribution < 1.29 is 35.9 Å². The number of aromatic nitrogens is 4. The van der Waals surface area contributed by atoms with Crippen molar-refractivity contribution in [3.05, 3.63) is 17.6 Å². The molecule has 34 heavy (non-hydrogen) atoms. The first-order chi connectivity index (χ1) is 15.7. The highest BCUT2D eigenvalue weighted by molar-refractivity contribution is 7.90. The number of hydrogen-bond donors (Lipinski definition) is 2. The lowest BCUT2D eigenvalue weighted by Gasteiger charge is -2.23. The van der Waals surface area contributed by atoms with Crippen LogP contribution < -0.4 is 14.8 Å².